The first kappa shape index (κ1) is 22.1. The van der Waals surface area contributed by atoms with Crippen LogP contribution in [-0.2, 0) is 22.6 Å². The number of hydrogen-bond acceptors (Lipinski definition) is 8. The largest absolute Gasteiger partial charge is 0.386 e. The lowest BCUT2D eigenvalue weighted by atomic mass is 9.89. The molecular formula is C23H22N8O5. The van der Waals surface area contributed by atoms with Gasteiger partial charge in [-0.3, -0.25) is 29.6 Å². The Balaban J connectivity index is 1.14. The number of nitrogens with zero attached hydrogens (tertiary/aromatic N) is 6. The van der Waals surface area contributed by atoms with E-state index in [1.807, 2.05) is 0 Å². The van der Waals surface area contributed by atoms with Gasteiger partial charge in [-0.1, -0.05) is 5.21 Å². The Morgan fingerprint density at radius 2 is 2.03 bits per heavy atom. The minimum atomic E-state index is -1.01. The predicted octanol–water partition coefficient (Wildman–Crippen LogP) is -0.819. The summed E-state index contributed by atoms with van der Waals surface area (Å²) in [7, 11) is 0. The number of benzene rings is 1. The number of amides is 4. The molecule has 3 aliphatic heterocycles. The average Bonchev–Trinajstić information content (AvgIpc) is 3.58. The Morgan fingerprint density at radius 3 is 2.78 bits per heavy atom. The van der Waals surface area contributed by atoms with Gasteiger partial charge in [0.1, 0.15) is 11.6 Å². The maximum atomic E-state index is 12.9. The van der Waals surface area contributed by atoms with Crippen LogP contribution >= 0.6 is 0 Å². The highest BCUT2D eigenvalue weighted by atomic mass is 16.3. The van der Waals surface area contributed by atoms with Gasteiger partial charge in [0.2, 0.25) is 11.8 Å². The lowest BCUT2D eigenvalue weighted by Crippen LogP contribution is -2.64. The summed E-state index contributed by atoms with van der Waals surface area (Å²) in [5.41, 5.74) is 1.73. The monoisotopic (exact) mass is 490 g/mol. The Hall–Kier alpha value is -4.39. The number of aromatic amines is 1. The Bertz CT molecular complexity index is 1390. The number of imide groups is 1. The van der Waals surface area contributed by atoms with E-state index in [1.54, 1.807) is 30.5 Å². The zero-order valence-corrected chi connectivity index (χ0v) is 19.0. The number of likely N-dealkylation sites (tertiary alicyclic amines) is 1. The van der Waals surface area contributed by atoms with E-state index in [-0.39, 0.29) is 49.5 Å². The van der Waals surface area contributed by atoms with E-state index in [4.69, 9.17) is 0 Å². The second-order valence-electron chi connectivity index (χ2n) is 9.43. The molecule has 0 spiro atoms. The lowest BCUT2D eigenvalue weighted by molar-refractivity contribution is -0.136. The molecule has 2 saturated heterocycles. The minimum absolute atomic E-state index is 0.139. The van der Waals surface area contributed by atoms with Gasteiger partial charge in [-0.05, 0) is 36.2 Å². The van der Waals surface area contributed by atoms with Crippen LogP contribution in [0.5, 0.6) is 0 Å². The third-order valence-electron chi connectivity index (χ3n) is 6.82. The molecule has 3 N–H and O–H groups in total. The van der Waals surface area contributed by atoms with Crippen molar-refractivity contribution in [3.63, 3.8) is 0 Å². The highest BCUT2D eigenvalue weighted by Gasteiger charge is 2.45. The quantitative estimate of drug-likeness (QED) is 0.390. The number of aliphatic hydroxyl groups is 1. The van der Waals surface area contributed by atoms with Crippen LogP contribution < -0.4 is 5.32 Å². The molecule has 0 bridgehead atoms. The number of aromatic nitrogens is 5. The van der Waals surface area contributed by atoms with Gasteiger partial charge in [-0.2, -0.15) is 5.10 Å². The van der Waals surface area contributed by atoms with Gasteiger partial charge in [0, 0.05) is 36.8 Å². The fraction of sp³-hybridized carbons (Fsp3) is 0.348. The molecule has 0 radical (unpaired) electrons. The zero-order chi connectivity index (χ0) is 25.0. The van der Waals surface area contributed by atoms with Crippen LogP contribution in [0, 0.1) is 0 Å². The number of hydrogen-bond donors (Lipinski definition) is 3. The minimum Gasteiger partial charge on any atom is -0.386 e. The smallest absolute Gasteiger partial charge is 0.276 e. The standard InChI is InChI=1S/C23H22N8O5/c32-19-4-3-18(20(33)25-19)30-9-13-7-15(1-2-16(13)21(30)34)31-10-17(27-28-31)22(35)29-11-23(36,12-29)8-14-5-6-24-26-14/h1-2,5-7,10,18,36H,3-4,8-9,11-12H2,(H,24,26)(H,25,32,33). The van der Waals surface area contributed by atoms with Crippen LogP contribution in [0.3, 0.4) is 0 Å². The molecule has 13 nitrogen and oxygen atoms in total. The first-order valence-electron chi connectivity index (χ1n) is 11.5. The molecule has 0 saturated carbocycles. The Kier molecular flexibility index (Phi) is 4.96. The van der Waals surface area contributed by atoms with Crippen molar-refractivity contribution in [1.29, 1.82) is 0 Å². The highest BCUT2D eigenvalue weighted by molar-refractivity contribution is 6.05. The predicted molar refractivity (Wildman–Crippen MR) is 121 cm³/mol. The topological polar surface area (TPSA) is 166 Å². The lowest BCUT2D eigenvalue weighted by Gasteiger charge is -2.45. The second-order valence-corrected chi connectivity index (χ2v) is 9.43. The molecule has 13 heteroatoms. The van der Waals surface area contributed by atoms with Gasteiger partial charge < -0.3 is 14.9 Å². The van der Waals surface area contributed by atoms with E-state index >= 15 is 0 Å². The van der Waals surface area contributed by atoms with E-state index in [1.165, 1.54) is 20.7 Å². The summed E-state index contributed by atoms with van der Waals surface area (Å²) in [6.45, 7) is 0.584. The maximum absolute atomic E-state index is 12.9. The molecule has 1 aromatic carbocycles. The van der Waals surface area contributed by atoms with Crippen molar-refractivity contribution in [1.82, 2.24) is 40.3 Å². The second kappa shape index (κ2) is 8.09. The van der Waals surface area contributed by atoms with E-state index in [0.717, 1.165) is 11.3 Å². The number of carbonyl (C=O) groups is 4. The summed E-state index contributed by atoms with van der Waals surface area (Å²) in [5, 5.41) is 27.7. The van der Waals surface area contributed by atoms with Gasteiger partial charge in [0.05, 0.1) is 25.0 Å². The van der Waals surface area contributed by atoms with Crippen LogP contribution in [0.15, 0.2) is 36.7 Å². The van der Waals surface area contributed by atoms with E-state index in [0.29, 0.717) is 24.1 Å². The van der Waals surface area contributed by atoms with Gasteiger partial charge in [-0.15, -0.1) is 5.10 Å². The van der Waals surface area contributed by atoms with Gasteiger partial charge in [0.15, 0.2) is 5.69 Å². The van der Waals surface area contributed by atoms with E-state index < -0.39 is 17.6 Å². The normalized spacial score (nSPS) is 20.8. The number of fused-ring (bicyclic) bond motifs is 1. The van der Waals surface area contributed by atoms with Crippen molar-refractivity contribution in [3.8, 4) is 5.69 Å². The van der Waals surface area contributed by atoms with Crippen molar-refractivity contribution < 1.29 is 24.3 Å². The number of nitrogens with one attached hydrogen (secondary N) is 2. The first-order chi connectivity index (χ1) is 17.3. The van der Waals surface area contributed by atoms with Crippen LogP contribution in [0.2, 0.25) is 0 Å². The van der Waals surface area contributed by atoms with Crippen LogP contribution in [0.25, 0.3) is 5.69 Å². The van der Waals surface area contributed by atoms with Crippen molar-refractivity contribution in [2.24, 2.45) is 0 Å². The fourth-order valence-corrected chi connectivity index (χ4v) is 5.01. The summed E-state index contributed by atoms with van der Waals surface area (Å²) < 4.78 is 1.45. The Labute approximate surface area is 204 Å². The fourth-order valence-electron chi connectivity index (χ4n) is 5.01. The van der Waals surface area contributed by atoms with Gasteiger partial charge >= 0.3 is 0 Å². The number of rotatable bonds is 5. The van der Waals surface area contributed by atoms with Gasteiger partial charge in [-0.25, -0.2) is 4.68 Å². The number of H-pyrrole nitrogens is 1. The Morgan fingerprint density at radius 1 is 1.19 bits per heavy atom. The number of piperidine rings is 1. The molecule has 1 atom stereocenters. The summed E-state index contributed by atoms with van der Waals surface area (Å²) in [6, 6.07) is 6.22. The summed E-state index contributed by atoms with van der Waals surface area (Å²) in [5.74, 6) is -1.40. The molecule has 5 heterocycles. The zero-order valence-electron chi connectivity index (χ0n) is 19.0. The highest BCUT2D eigenvalue weighted by Crippen LogP contribution is 2.29. The van der Waals surface area contributed by atoms with Crippen LogP contribution in [-0.4, -0.2) is 88.5 Å². The third kappa shape index (κ3) is 3.73. The maximum Gasteiger partial charge on any atom is 0.276 e. The average molecular weight is 490 g/mol. The number of carbonyl (C=O) groups excluding carboxylic acids is 4. The third-order valence-corrected chi connectivity index (χ3v) is 6.82. The molecule has 2 aromatic heterocycles. The molecular weight excluding hydrogens is 468 g/mol. The molecule has 3 aliphatic rings. The van der Waals surface area contributed by atoms with Gasteiger partial charge in [0.25, 0.3) is 11.8 Å². The SMILES string of the molecule is O=C1CCC(N2Cc3cc(-n4cc(C(=O)N5CC(O)(Cc6ccn[nH]6)C5)nn4)ccc3C2=O)C(=O)N1. The summed E-state index contributed by atoms with van der Waals surface area (Å²) in [6.07, 6.45) is 3.96. The van der Waals surface area contributed by atoms with Crippen LogP contribution in [0.4, 0.5) is 0 Å². The molecule has 3 aromatic rings. The van der Waals surface area contributed by atoms with Crippen LogP contribution in [0.1, 0.15) is 44.9 Å². The molecule has 4 amide bonds. The first-order valence-corrected chi connectivity index (χ1v) is 11.5. The number of β-amino-alcohol motifs (C(OH)–C–C–N with tert-alkyl or cyclic N) is 1. The van der Waals surface area contributed by atoms with Crippen molar-refractivity contribution in [2.75, 3.05) is 13.1 Å². The van der Waals surface area contributed by atoms with E-state index in [2.05, 4.69) is 25.8 Å². The molecule has 184 valence electrons. The molecule has 6 rings (SSSR count). The molecule has 2 fully saturated rings. The summed E-state index contributed by atoms with van der Waals surface area (Å²) >= 11 is 0. The molecule has 0 aliphatic carbocycles. The molecule has 36 heavy (non-hydrogen) atoms. The molecule has 1 unspecified atom stereocenters. The van der Waals surface area contributed by atoms with Crippen molar-refractivity contribution in [3.05, 3.63) is 59.2 Å². The van der Waals surface area contributed by atoms with Crippen molar-refractivity contribution in [2.45, 2.75) is 37.5 Å². The summed E-state index contributed by atoms with van der Waals surface area (Å²) in [4.78, 5) is 52.4. The van der Waals surface area contributed by atoms with Crippen molar-refractivity contribution >= 4 is 23.6 Å². The van der Waals surface area contributed by atoms with E-state index in [9.17, 15) is 24.3 Å².